The predicted octanol–water partition coefficient (Wildman–Crippen LogP) is 4.75. The zero-order valence-corrected chi connectivity index (χ0v) is 26.2. The maximum atomic E-state index is 13.7. The minimum atomic E-state index is -0.00377. The van der Waals surface area contributed by atoms with E-state index in [0.717, 1.165) is 79.2 Å². The van der Waals surface area contributed by atoms with Crippen LogP contribution in [0.15, 0.2) is 43.1 Å². The van der Waals surface area contributed by atoms with E-state index < -0.39 is 0 Å². The molecule has 2 aliphatic rings. The molecule has 3 N–H and O–H groups in total. The summed E-state index contributed by atoms with van der Waals surface area (Å²) in [6.45, 7) is 6.72. The second-order valence-corrected chi connectivity index (χ2v) is 12.2. The van der Waals surface area contributed by atoms with Crippen LogP contribution in [0.25, 0.3) is 27.6 Å². The van der Waals surface area contributed by atoms with E-state index in [1.807, 2.05) is 36.0 Å². The fourth-order valence-corrected chi connectivity index (χ4v) is 6.96. The molecule has 1 atom stereocenters. The number of aromatic nitrogens is 7. The molecule has 14 heteroatoms. The summed E-state index contributed by atoms with van der Waals surface area (Å²) < 4.78 is 9.37. The maximum Gasteiger partial charge on any atom is 0.422 e. The highest BCUT2D eigenvalue weighted by molar-refractivity contribution is 6.32. The number of amides is 2. The Morgan fingerprint density at radius 2 is 2.02 bits per heavy atom. The molecular formula is C31H37ClN11O2+. The molecule has 2 saturated heterocycles. The Morgan fingerprint density at radius 1 is 1.16 bits per heavy atom. The molecule has 234 valence electrons. The van der Waals surface area contributed by atoms with Gasteiger partial charge in [-0.25, -0.2) is 23.9 Å². The number of carbonyl (C=O) groups is 1. The van der Waals surface area contributed by atoms with Crippen molar-refractivity contribution in [3.8, 4) is 11.6 Å². The number of carbonyl (C=O) groups excluding carboxylic acids is 1. The zero-order chi connectivity index (χ0) is 31.0. The smallest absolute Gasteiger partial charge is 0.422 e. The summed E-state index contributed by atoms with van der Waals surface area (Å²) in [6, 6.07) is 6.03. The fourth-order valence-electron chi connectivity index (χ4n) is 6.68. The standard InChI is InChI=1S/C31H36ClN11O2/c1-3-42-29-23(16-37-42)27-22(15-35-29)30(40-39-28(27)34-14-20-8-9-25(45-2)24(32)13-20)41-17-26(36-19-41)38-31(44)43(11-4-5-12-43)18-21-7-6-10-33-21/h8-9,13,15-17,19,21,33H,3-7,10-12,14,18H2,1-2H3,(H-,34,38,39,44)/p+1/t21-/m0/s1. The van der Waals surface area contributed by atoms with Crippen LogP contribution in [-0.4, -0.2) is 84.4 Å². The van der Waals surface area contributed by atoms with Gasteiger partial charge in [-0.2, -0.15) is 5.10 Å². The van der Waals surface area contributed by atoms with Gasteiger partial charge in [0, 0.05) is 42.9 Å². The van der Waals surface area contributed by atoms with Crippen molar-refractivity contribution in [2.24, 2.45) is 0 Å². The number of aryl methyl sites for hydroxylation is 1. The number of rotatable bonds is 9. The third-order valence-corrected chi connectivity index (χ3v) is 9.31. The van der Waals surface area contributed by atoms with Crippen molar-refractivity contribution in [1.82, 2.24) is 39.8 Å². The number of hydrogen-bond acceptors (Lipinski definition) is 9. The first-order chi connectivity index (χ1) is 22.0. The third kappa shape index (κ3) is 5.55. The second-order valence-electron chi connectivity index (χ2n) is 11.8. The van der Waals surface area contributed by atoms with Gasteiger partial charge >= 0.3 is 6.03 Å². The number of benzene rings is 1. The summed E-state index contributed by atoms with van der Waals surface area (Å²) in [5.74, 6) is 2.24. The summed E-state index contributed by atoms with van der Waals surface area (Å²) in [6.07, 6.45) is 11.4. The van der Waals surface area contributed by atoms with E-state index >= 15 is 0 Å². The fraction of sp³-hybridized carbons (Fsp3) is 0.419. The monoisotopic (exact) mass is 630 g/mol. The molecular weight excluding hydrogens is 594 g/mol. The van der Waals surface area contributed by atoms with E-state index in [1.165, 1.54) is 0 Å². The van der Waals surface area contributed by atoms with E-state index in [4.69, 9.17) is 21.3 Å². The molecule has 2 aliphatic heterocycles. The lowest BCUT2D eigenvalue weighted by atomic mass is 10.1. The number of fused-ring (bicyclic) bond motifs is 3. The Labute approximate surface area is 265 Å². The molecule has 4 aromatic heterocycles. The summed E-state index contributed by atoms with van der Waals surface area (Å²) in [5, 5.41) is 26.9. The lowest BCUT2D eigenvalue weighted by Crippen LogP contribution is -2.57. The van der Waals surface area contributed by atoms with Gasteiger partial charge in [0.05, 0.1) is 49.0 Å². The van der Waals surface area contributed by atoms with Gasteiger partial charge in [0.2, 0.25) is 0 Å². The van der Waals surface area contributed by atoms with Crippen LogP contribution in [0.1, 0.15) is 38.2 Å². The Bertz CT molecular complexity index is 1860. The number of methoxy groups -OCH3 is 1. The molecule has 1 aromatic carbocycles. The lowest BCUT2D eigenvalue weighted by Gasteiger charge is -2.33. The number of quaternary nitrogens is 1. The Hall–Kier alpha value is -4.33. The van der Waals surface area contributed by atoms with E-state index in [2.05, 4.69) is 36.2 Å². The molecule has 0 unspecified atom stereocenters. The van der Waals surface area contributed by atoms with Gasteiger partial charge < -0.3 is 15.4 Å². The average molecular weight is 631 g/mol. The summed E-state index contributed by atoms with van der Waals surface area (Å²) in [5.41, 5.74) is 1.72. The molecule has 13 nitrogen and oxygen atoms in total. The van der Waals surface area contributed by atoms with Crippen LogP contribution in [0, 0.1) is 0 Å². The minimum Gasteiger partial charge on any atom is -0.495 e. The van der Waals surface area contributed by atoms with Gasteiger partial charge in [0.15, 0.2) is 23.1 Å². The SMILES string of the molecule is CCn1ncc2c3c(NCc4ccc(OC)c(Cl)c4)nnc(-n4cnc(NC(=O)[N+]5(C[C@@H]6CCCN6)CCCC5)c4)c3cnc21. The van der Waals surface area contributed by atoms with Crippen LogP contribution < -0.4 is 20.7 Å². The summed E-state index contributed by atoms with van der Waals surface area (Å²) in [4.78, 5) is 22.9. The van der Waals surface area contributed by atoms with Crippen LogP contribution >= 0.6 is 11.6 Å². The molecule has 7 rings (SSSR count). The van der Waals surface area contributed by atoms with Crippen LogP contribution in [0.2, 0.25) is 5.02 Å². The molecule has 0 aliphatic carbocycles. The first kappa shape index (κ1) is 29.4. The predicted molar refractivity (Wildman–Crippen MR) is 173 cm³/mol. The van der Waals surface area contributed by atoms with Crippen molar-refractivity contribution < 1.29 is 14.0 Å². The number of likely N-dealkylation sites (tertiary alicyclic amines) is 1. The number of halogens is 1. The first-order valence-corrected chi connectivity index (χ1v) is 15.9. The van der Waals surface area contributed by atoms with E-state index in [0.29, 0.717) is 51.8 Å². The average Bonchev–Trinajstić information content (AvgIpc) is 3.88. The quantitative estimate of drug-likeness (QED) is 0.197. The van der Waals surface area contributed by atoms with Crippen molar-refractivity contribution in [3.05, 3.63) is 53.7 Å². The number of nitrogens with zero attached hydrogens (tertiary/aromatic N) is 8. The largest absolute Gasteiger partial charge is 0.495 e. The number of hydrogen-bond donors (Lipinski definition) is 3. The van der Waals surface area contributed by atoms with Gasteiger partial charge in [-0.05, 0) is 44.0 Å². The number of urea groups is 1. The Kier molecular flexibility index (Phi) is 7.98. The van der Waals surface area contributed by atoms with Crippen molar-refractivity contribution in [2.75, 3.05) is 43.9 Å². The van der Waals surface area contributed by atoms with Gasteiger partial charge in [-0.1, -0.05) is 17.7 Å². The van der Waals surface area contributed by atoms with Crippen LogP contribution in [-0.2, 0) is 13.1 Å². The highest BCUT2D eigenvalue weighted by Crippen LogP contribution is 2.33. The normalized spacial score (nSPS) is 17.7. The second kappa shape index (κ2) is 12.2. The van der Waals surface area contributed by atoms with Gasteiger partial charge in [-0.15, -0.1) is 10.2 Å². The van der Waals surface area contributed by atoms with Crippen LogP contribution in [0.3, 0.4) is 0 Å². The molecule has 2 amide bonds. The van der Waals surface area contributed by atoms with Crippen molar-refractivity contribution in [1.29, 1.82) is 0 Å². The van der Waals surface area contributed by atoms with Crippen LogP contribution in [0.4, 0.5) is 16.4 Å². The molecule has 0 saturated carbocycles. The topological polar surface area (TPSA) is 137 Å². The Balaban J connectivity index is 1.20. The van der Waals surface area contributed by atoms with Crippen molar-refractivity contribution >= 4 is 51.1 Å². The maximum absolute atomic E-state index is 13.7. The number of anilines is 2. The molecule has 0 spiro atoms. The van der Waals surface area contributed by atoms with Crippen LogP contribution in [0.5, 0.6) is 5.75 Å². The zero-order valence-electron chi connectivity index (χ0n) is 25.5. The lowest BCUT2D eigenvalue weighted by molar-refractivity contribution is -0.836. The first-order valence-electron chi connectivity index (χ1n) is 15.5. The number of imidazole rings is 1. The van der Waals surface area contributed by atoms with Crippen molar-refractivity contribution in [3.63, 3.8) is 0 Å². The summed E-state index contributed by atoms with van der Waals surface area (Å²) in [7, 11) is 1.59. The van der Waals surface area contributed by atoms with Crippen molar-refractivity contribution in [2.45, 2.75) is 51.7 Å². The molecule has 0 bridgehead atoms. The van der Waals surface area contributed by atoms with Gasteiger partial charge in [-0.3, -0.25) is 9.88 Å². The number of nitrogens with one attached hydrogen (secondary N) is 3. The molecule has 5 aromatic rings. The highest BCUT2D eigenvalue weighted by atomic mass is 35.5. The van der Waals surface area contributed by atoms with E-state index in [-0.39, 0.29) is 6.03 Å². The Morgan fingerprint density at radius 3 is 2.78 bits per heavy atom. The highest BCUT2D eigenvalue weighted by Gasteiger charge is 2.42. The van der Waals surface area contributed by atoms with Gasteiger partial charge in [0.25, 0.3) is 0 Å². The summed E-state index contributed by atoms with van der Waals surface area (Å²) >= 11 is 6.37. The van der Waals surface area contributed by atoms with Gasteiger partial charge in [0.1, 0.15) is 18.6 Å². The van der Waals surface area contributed by atoms with E-state index in [1.54, 1.807) is 30.4 Å². The molecule has 6 heterocycles. The number of ether oxygens (including phenoxy) is 1. The van der Waals surface area contributed by atoms with E-state index in [9.17, 15) is 4.79 Å². The third-order valence-electron chi connectivity index (χ3n) is 9.01. The number of pyridine rings is 1. The minimum absolute atomic E-state index is 0.00377. The molecule has 2 fully saturated rings. The molecule has 45 heavy (non-hydrogen) atoms. The molecule has 0 radical (unpaired) electrons.